The van der Waals surface area contributed by atoms with E-state index in [0.29, 0.717) is 13.0 Å². The number of carbonyl (C=O) groups excluding carboxylic acids is 1. The van der Waals surface area contributed by atoms with Crippen LogP contribution in [0.15, 0.2) is 24.3 Å². The van der Waals surface area contributed by atoms with Crippen LogP contribution in [-0.2, 0) is 22.4 Å². The first-order valence-corrected chi connectivity index (χ1v) is 11.4. The molecule has 2 nitrogen and oxygen atoms in total. The number of carbonyl (C=O) groups is 1. The SMILES string of the molecule is CCOC(=O)Cc1ccc(CCCCC23CC4CCCC(C2)C(C4)C3)cc1. The molecule has 3 aliphatic rings. The minimum Gasteiger partial charge on any atom is -0.466 e. The molecule has 0 heterocycles. The standard InChI is InChI=1S/C25H36O2/c1-2-27-24(26)15-20-11-9-19(10-12-20)6-3-4-13-25-16-21-7-5-8-22(17-25)23(14-21)18-25/h9-12,21-23H,2-8,13-18H2,1H3. The highest BCUT2D eigenvalue weighted by atomic mass is 16.5. The van der Waals surface area contributed by atoms with Crippen LogP contribution in [0.5, 0.6) is 0 Å². The molecule has 3 saturated carbocycles. The van der Waals surface area contributed by atoms with Gasteiger partial charge in [-0.3, -0.25) is 4.79 Å². The maximum Gasteiger partial charge on any atom is 0.310 e. The molecule has 4 atom stereocenters. The van der Waals surface area contributed by atoms with Crippen molar-refractivity contribution in [3.05, 3.63) is 35.4 Å². The number of ether oxygens (including phenoxy) is 1. The number of rotatable bonds is 8. The van der Waals surface area contributed by atoms with Gasteiger partial charge in [-0.05, 0) is 86.2 Å². The summed E-state index contributed by atoms with van der Waals surface area (Å²) in [6.07, 6.45) is 16.5. The van der Waals surface area contributed by atoms with Gasteiger partial charge in [0.1, 0.15) is 0 Å². The zero-order valence-electron chi connectivity index (χ0n) is 17.1. The molecule has 0 aromatic heterocycles. The Kier molecular flexibility index (Phi) is 5.90. The van der Waals surface area contributed by atoms with Gasteiger partial charge in [0.15, 0.2) is 0 Å². The van der Waals surface area contributed by atoms with Crippen molar-refractivity contribution in [3.8, 4) is 0 Å². The van der Waals surface area contributed by atoms with Gasteiger partial charge in [0, 0.05) is 0 Å². The number of fused-ring (bicyclic) bond motifs is 2. The summed E-state index contributed by atoms with van der Waals surface area (Å²) in [5.41, 5.74) is 3.19. The van der Waals surface area contributed by atoms with E-state index in [9.17, 15) is 4.79 Å². The van der Waals surface area contributed by atoms with Crippen molar-refractivity contribution >= 4 is 5.97 Å². The highest BCUT2D eigenvalue weighted by Crippen LogP contribution is 2.61. The second kappa shape index (κ2) is 8.37. The Morgan fingerprint density at radius 3 is 2.63 bits per heavy atom. The van der Waals surface area contributed by atoms with E-state index < -0.39 is 0 Å². The molecule has 0 aliphatic heterocycles. The average molecular weight is 369 g/mol. The minimum absolute atomic E-state index is 0.128. The molecule has 0 saturated heterocycles. The fourth-order valence-electron chi connectivity index (χ4n) is 6.66. The number of hydrogen-bond acceptors (Lipinski definition) is 2. The van der Waals surface area contributed by atoms with Gasteiger partial charge in [-0.15, -0.1) is 0 Å². The van der Waals surface area contributed by atoms with Crippen LogP contribution in [0.3, 0.4) is 0 Å². The van der Waals surface area contributed by atoms with Gasteiger partial charge in [-0.1, -0.05) is 49.9 Å². The fraction of sp³-hybridized carbons (Fsp3) is 0.720. The smallest absolute Gasteiger partial charge is 0.310 e. The molecule has 0 N–H and O–H groups in total. The molecule has 0 amide bonds. The second-order valence-electron chi connectivity index (χ2n) is 9.67. The lowest BCUT2D eigenvalue weighted by Gasteiger charge is -2.38. The van der Waals surface area contributed by atoms with Gasteiger partial charge in [0.25, 0.3) is 0 Å². The van der Waals surface area contributed by atoms with Crippen molar-refractivity contribution < 1.29 is 9.53 Å². The van der Waals surface area contributed by atoms with Crippen LogP contribution in [0.25, 0.3) is 0 Å². The summed E-state index contributed by atoms with van der Waals surface area (Å²) >= 11 is 0. The van der Waals surface area contributed by atoms with Gasteiger partial charge in [-0.2, -0.15) is 0 Å². The molecule has 1 aromatic rings. The van der Waals surface area contributed by atoms with Crippen molar-refractivity contribution in [2.45, 2.75) is 84.0 Å². The predicted octanol–water partition coefficient (Wildman–Crippen LogP) is 6.11. The number of aryl methyl sites for hydroxylation is 1. The normalized spacial score (nSPS) is 31.7. The first kappa shape index (κ1) is 19.0. The molecule has 0 spiro atoms. The number of hydrogen-bond donors (Lipinski definition) is 0. The number of benzene rings is 1. The van der Waals surface area contributed by atoms with Crippen molar-refractivity contribution in [2.75, 3.05) is 6.61 Å². The summed E-state index contributed by atoms with van der Waals surface area (Å²) < 4.78 is 5.02. The highest BCUT2D eigenvalue weighted by Gasteiger charge is 2.50. The molecule has 2 heteroatoms. The zero-order chi connectivity index (χ0) is 18.7. The van der Waals surface area contributed by atoms with E-state index in [-0.39, 0.29) is 5.97 Å². The third-order valence-electron chi connectivity index (χ3n) is 7.70. The van der Waals surface area contributed by atoms with Crippen LogP contribution < -0.4 is 0 Å². The third kappa shape index (κ3) is 4.58. The van der Waals surface area contributed by atoms with Gasteiger partial charge < -0.3 is 4.74 Å². The maximum atomic E-state index is 11.6. The molecule has 4 rings (SSSR count). The van der Waals surface area contributed by atoms with Crippen LogP contribution in [0.1, 0.15) is 82.3 Å². The van der Waals surface area contributed by atoms with Crippen molar-refractivity contribution in [1.82, 2.24) is 0 Å². The van der Waals surface area contributed by atoms with Crippen molar-refractivity contribution in [3.63, 3.8) is 0 Å². The summed E-state index contributed by atoms with van der Waals surface area (Å²) in [5, 5.41) is 0. The van der Waals surface area contributed by atoms with Gasteiger partial charge >= 0.3 is 5.97 Å². The molecule has 4 unspecified atom stereocenters. The Labute approximate surface area is 165 Å². The lowest BCUT2D eigenvalue weighted by atomic mass is 9.67. The molecule has 148 valence electrons. The van der Waals surface area contributed by atoms with Crippen LogP contribution in [0.2, 0.25) is 0 Å². The van der Waals surface area contributed by atoms with Crippen molar-refractivity contribution in [1.29, 1.82) is 0 Å². The summed E-state index contributed by atoms with van der Waals surface area (Å²) in [6.45, 7) is 2.31. The predicted molar refractivity (Wildman–Crippen MR) is 110 cm³/mol. The van der Waals surface area contributed by atoms with E-state index in [1.165, 1.54) is 50.5 Å². The van der Waals surface area contributed by atoms with Gasteiger partial charge in [0.2, 0.25) is 0 Å². The van der Waals surface area contributed by atoms with E-state index in [1.54, 1.807) is 25.7 Å². The van der Waals surface area contributed by atoms with Gasteiger partial charge in [0.05, 0.1) is 13.0 Å². The lowest BCUT2D eigenvalue weighted by Crippen LogP contribution is -2.26. The van der Waals surface area contributed by atoms with E-state index >= 15 is 0 Å². The average Bonchev–Trinajstić information content (AvgIpc) is 2.81. The van der Waals surface area contributed by atoms with Crippen LogP contribution in [-0.4, -0.2) is 12.6 Å². The molecule has 0 radical (unpaired) electrons. The van der Waals surface area contributed by atoms with E-state index in [4.69, 9.17) is 4.74 Å². The maximum absolute atomic E-state index is 11.6. The topological polar surface area (TPSA) is 26.3 Å². The molecule has 1 aromatic carbocycles. The molecular formula is C25H36O2. The van der Waals surface area contributed by atoms with E-state index in [1.807, 2.05) is 6.92 Å². The van der Waals surface area contributed by atoms with Crippen LogP contribution in [0.4, 0.5) is 0 Å². The van der Waals surface area contributed by atoms with Gasteiger partial charge in [-0.25, -0.2) is 0 Å². The quantitative estimate of drug-likeness (QED) is 0.409. The first-order chi connectivity index (χ1) is 13.2. The Hall–Kier alpha value is -1.31. The summed E-state index contributed by atoms with van der Waals surface area (Å²) in [5.74, 6) is 3.09. The molecular weight excluding hydrogens is 332 g/mol. The monoisotopic (exact) mass is 368 g/mol. The number of esters is 1. The zero-order valence-corrected chi connectivity index (χ0v) is 17.1. The third-order valence-corrected chi connectivity index (χ3v) is 7.70. The molecule has 3 aliphatic carbocycles. The van der Waals surface area contributed by atoms with Crippen molar-refractivity contribution in [2.24, 2.45) is 23.2 Å². The summed E-state index contributed by atoms with van der Waals surface area (Å²) in [6, 6.07) is 8.58. The first-order valence-electron chi connectivity index (χ1n) is 11.4. The summed E-state index contributed by atoms with van der Waals surface area (Å²) in [4.78, 5) is 11.6. The van der Waals surface area contributed by atoms with E-state index in [2.05, 4.69) is 24.3 Å². The Balaban J connectivity index is 1.22. The highest BCUT2D eigenvalue weighted by molar-refractivity contribution is 5.72. The Bertz CT molecular complexity index is 630. The fourth-order valence-corrected chi connectivity index (χ4v) is 6.66. The minimum atomic E-state index is -0.128. The van der Waals surface area contributed by atoms with Crippen LogP contribution >= 0.6 is 0 Å². The molecule has 27 heavy (non-hydrogen) atoms. The van der Waals surface area contributed by atoms with E-state index in [0.717, 1.165) is 28.7 Å². The second-order valence-corrected chi connectivity index (χ2v) is 9.67. The van der Waals surface area contributed by atoms with Crippen LogP contribution in [0, 0.1) is 23.2 Å². The molecule has 3 bridgehead atoms. The molecule has 3 fully saturated rings. The lowest BCUT2D eigenvalue weighted by molar-refractivity contribution is -0.142. The Morgan fingerprint density at radius 1 is 1.04 bits per heavy atom. The summed E-state index contributed by atoms with van der Waals surface area (Å²) in [7, 11) is 0. The largest absolute Gasteiger partial charge is 0.466 e. The number of unbranched alkanes of at least 4 members (excludes halogenated alkanes) is 1. The Morgan fingerprint density at radius 2 is 1.81 bits per heavy atom.